The number of hydrogen-bond donors (Lipinski definition) is 0. The minimum Gasteiger partial charge on any atom is -0.440 e. The second-order valence-corrected chi connectivity index (χ2v) is 3.84. The number of hydrogen-bond acceptors (Lipinski definition) is 2. The first-order valence-electron chi connectivity index (χ1n) is 5.23. The lowest BCUT2D eigenvalue weighted by Gasteiger charge is -2.19. The van der Waals surface area contributed by atoms with Gasteiger partial charge in [0.05, 0.1) is 6.04 Å². The highest BCUT2D eigenvalue weighted by molar-refractivity contribution is 5.66. The molecular weight excluding hydrogens is 209 g/mol. The first-order chi connectivity index (χ1) is 7.52. The van der Waals surface area contributed by atoms with E-state index < -0.39 is 18.2 Å². The monoisotopic (exact) mass is 225 g/mol. The van der Waals surface area contributed by atoms with Crippen molar-refractivity contribution in [3.05, 3.63) is 35.9 Å². The quantitative estimate of drug-likeness (QED) is 0.737. The second-order valence-electron chi connectivity index (χ2n) is 3.84. The summed E-state index contributed by atoms with van der Waals surface area (Å²) in [5, 5.41) is 0.0828. The number of nitrogens with zero attached hydrogens (tertiary/aromatic N) is 1. The fourth-order valence-corrected chi connectivity index (χ4v) is 1.20. The van der Waals surface area contributed by atoms with Crippen LogP contribution in [0.15, 0.2) is 30.3 Å². The number of carbonyl (C=O) groups is 1. The zero-order chi connectivity index (χ0) is 12.1. The highest BCUT2D eigenvalue weighted by Crippen LogP contribution is 2.18. The molecule has 0 bridgehead atoms. The van der Waals surface area contributed by atoms with Crippen molar-refractivity contribution >= 4 is 6.09 Å². The van der Waals surface area contributed by atoms with Crippen molar-refractivity contribution in [2.75, 3.05) is 0 Å². The van der Waals surface area contributed by atoms with E-state index in [9.17, 15) is 9.28 Å². The number of carbonyl (C=O) groups excluding carboxylic acids is 1. The molecule has 3 nitrogen and oxygen atoms in total. The van der Waals surface area contributed by atoms with Crippen LogP contribution in [0, 0.1) is 0 Å². The summed E-state index contributed by atoms with van der Waals surface area (Å²) in [5.74, 6) is 0. The van der Waals surface area contributed by atoms with Crippen LogP contribution in [0.1, 0.15) is 32.4 Å². The van der Waals surface area contributed by atoms with Gasteiger partial charge in [0.2, 0.25) is 0 Å². The van der Waals surface area contributed by atoms with E-state index in [0.29, 0.717) is 0 Å². The highest BCUT2D eigenvalue weighted by atomic mass is 19.2. The molecule has 1 atom stereocenters. The Morgan fingerprint density at radius 1 is 1.25 bits per heavy atom. The molecule has 0 fully saturated rings. The maximum Gasteiger partial charge on any atom is 0.438 e. The van der Waals surface area contributed by atoms with E-state index in [1.54, 1.807) is 20.8 Å². The van der Waals surface area contributed by atoms with Gasteiger partial charge in [-0.15, -0.1) is 5.12 Å². The lowest BCUT2D eigenvalue weighted by atomic mass is 10.1. The van der Waals surface area contributed by atoms with Crippen molar-refractivity contribution in [3.63, 3.8) is 0 Å². The van der Waals surface area contributed by atoms with Crippen LogP contribution in [0.3, 0.4) is 0 Å². The molecule has 0 N–H and O–H groups in total. The van der Waals surface area contributed by atoms with Crippen molar-refractivity contribution in [1.29, 1.82) is 0 Å². The summed E-state index contributed by atoms with van der Waals surface area (Å²) >= 11 is 0. The molecular formula is C12H16FNO2. The van der Waals surface area contributed by atoms with Gasteiger partial charge in [0.25, 0.3) is 0 Å². The molecule has 1 aromatic carbocycles. The van der Waals surface area contributed by atoms with Gasteiger partial charge in [-0.25, -0.2) is 4.79 Å². The minimum absolute atomic E-state index is 0.0828. The molecule has 0 aliphatic rings. The smallest absolute Gasteiger partial charge is 0.438 e. The molecule has 0 saturated carbocycles. The van der Waals surface area contributed by atoms with Crippen LogP contribution in [0.4, 0.5) is 9.28 Å². The van der Waals surface area contributed by atoms with Gasteiger partial charge in [0, 0.05) is 0 Å². The molecule has 16 heavy (non-hydrogen) atoms. The van der Waals surface area contributed by atoms with E-state index in [0.717, 1.165) is 5.56 Å². The Bertz CT molecular complexity index is 340. The largest absolute Gasteiger partial charge is 0.440 e. The zero-order valence-corrected chi connectivity index (χ0v) is 9.68. The summed E-state index contributed by atoms with van der Waals surface area (Å²) in [7, 11) is 0. The molecule has 1 aromatic rings. The summed E-state index contributed by atoms with van der Waals surface area (Å²) in [5.41, 5.74) is 0.841. The predicted molar refractivity (Wildman–Crippen MR) is 59.4 cm³/mol. The first kappa shape index (κ1) is 12.5. The van der Waals surface area contributed by atoms with Crippen molar-refractivity contribution in [3.8, 4) is 0 Å². The summed E-state index contributed by atoms with van der Waals surface area (Å²) in [6.45, 7) is 4.87. The number of ether oxygens (including phenoxy) is 1. The molecule has 0 aliphatic heterocycles. The maximum absolute atomic E-state index is 13.2. The molecule has 0 aromatic heterocycles. The van der Waals surface area contributed by atoms with Crippen molar-refractivity contribution < 1.29 is 14.0 Å². The predicted octanol–water partition coefficient (Wildman–Crippen LogP) is 3.48. The Kier molecular flexibility index (Phi) is 4.28. The van der Waals surface area contributed by atoms with Gasteiger partial charge in [0.15, 0.2) is 0 Å². The zero-order valence-electron chi connectivity index (χ0n) is 9.68. The van der Waals surface area contributed by atoms with Crippen LogP contribution in [-0.4, -0.2) is 17.3 Å². The number of rotatable bonds is 3. The molecule has 0 spiro atoms. The van der Waals surface area contributed by atoms with E-state index in [1.165, 1.54) is 0 Å². The number of amides is 1. The molecule has 0 radical (unpaired) electrons. The first-order valence-corrected chi connectivity index (χ1v) is 5.23. The molecule has 4 heteroatoms. The van der Waals surface area contributed by atoms with Crippen molar-refractivity contribution in [2.45, 2.75) is 32.9 Å². The highest BCUT2D eigenvalue weighted by Gasteiger charge is 2.20. The van der Waals surface area contributed by atoms with Crippen molar-refractivity contribution in [1.82, 2.24) is 5.12 Å². The lowest BCUT2D eigenvalue weighted by Crippen LogP contribution is -2.30. The van der Waals surface area contributed by atoms with E-state index in [2.05, 4.69) is 0 Å². The minimum atomic E-state index is -0.952. The van der Waals surface area contributed by atoms with Crippen LogP contribution in [-0.2, 0) is 4.74 Å². The van der Waals surface area contributed by atoms with Gasteiger partial charge in [0.1, 0.15) is 6.10 Å². The third kappa shape index (κ3) is 3.22. The Hall–Kier alpha value is -1.58. The van der Waals surface area contributed by atoms with E-state index in [-0.39, 0.29) is 5.12 Å². The average molecular weight is 225 g/mol. The SMILES string of the molecule is CC(OC(=O)N(F)C(C)C)c1ccccc1. The van der Waals surface area contributed by atoms with Crippen molar-refractivity contribution in [2.24, 2.45) is 0 Å². The molecule has 0 heterocycles. The Morgan fingerprint density at radius 2 is 1.81 bits per heavy atom. The number of halogens is 1. The van der Waals surface area contributed by atoms with Crippen LogP contribution in [0.5, 0.6) is 0 Å². The summed E-state index contributed by atoms with van der Waals surface area (Å²) in [4.78, 5) is 11.3. The van der Waals surface area contributed by atoms with Gasteiger partial charge in [-0.2, -0.15) is 0 Å². The molecule has 1 rings (SSSR count). The van der Waals surface area contributed by atoms with Crippen LogP contribution in [0.25, 0.3) is 0 Å². The summed E-state index contributed by atoms with van der Waals surface area (Å²) in [6, 6.07) is 8.69. The van der Waals surface area contributed by atoms with Gasteiger partial charge in [-0.3, -0.25) is 0 Å². The van der Waals surface area contributed by atoms with E-state index >= 15 is 0 Å². The van der Waals surface area contributed by atoms with E-state index in [4.69, 9.17) is 4.74 Å². The van der Waals surface area contributed by atoms with Crippen LogP contribution in [0.2, 0.25) is 0 Å². The third-order valence-electron chi connectivity index (χ3n) is 2.17. The fourth-order valence-electron chi connectivity index (χ4n) is 1.20. The normalized spacial score (nSPS) is 12.3. The third-order valence-corrected chi connectivity index (χ3v) is 2.17. The Labute approximate surface area is 94.8 Å². The fraction of sp³-hybridized carbons (Fsp3) is 0.417. The van der Waals surface area contributed by atoms with Gasteiger partial charge in [-0.1, -0.05) is 34.8 Å². The average Bonchev–Trinajstić information content (AvgIpc) is 2.28. The van der Waals surface area contributed by atoms with Gasteiger partial charge >= 0.3 is 6.09 Å². The second kappa shape index (κ2) is 5.49. The molecule has 0 saturated heterocycles. The Morgan fingerprint density at radius 3 is 2.31 bits per heavy atom. The molecule has 1 amide bonds. The summed E-state index contributed by atoms with van der Waals surface area (Å²) in [6.07, 6.45) is -1.41. The lowest BCUT2D eigenvalue weighted by molar-refractivity contribution is -0.0248. The van der Waals surface area contributed by atoms with Gasteiger partial charge in [-0.05, 0) is 26.3 Å². The van der Waals surface area contributed by atoms with Gasteiger partial charge < -0.3 is 4.74 Å². The molecule has 1 unspecified atom stereocenters. The van der Waals surface area contributed by atoms with E-state index in [1.807, 2.05) is 30.3 Å². The molecule has 0 aliphatic carbocycles. The number of benzene rings is 1. The topological polar surface area (TPSA) is 29.5 Å². The molecule has 88 valence electrons. The Balaban J connectivity index is 2.58. The standard InChI is InChI=1S/C12H16FNO2/c1-9(2)14(13)12(15)16-10(3)11-7-5-4-6-8-11/h4-10H,1-3H3. The summed E-state index contributed by atoms with van der Waals surface area (Å²) < 4.78 is 18.1. The van der Waals surface area contributed by atoms with Crippen LogP contribution < -0.4 is 0 Å². The maximum atomic E-state index is 13.2. The van der Waals surface area contributed by atoms with Crippen LogP contribution >= 0.6 is 0 Å².